The van der Waals surface area contributed by atoms with E-state index in [-0.39, 0.29) is 17.4 Å². The predicted octanol–water partition coefficient (Wildman–Crippen LogP) is 4.36. The van der Waals surface area contributed by atoms with Crippen molar-refractivity contribution in [1.82, 2.24) is 19.7 Å². The Kier molecular flexibility index (Phi) is 5.77. The molecule has 3 heterocycles. The number of piperidine rings is 1. The van der Waals surface area contributed by atoms with E-state index in [9.17, 15) is 9.18 Å². The lowest BCUT2D eigenvalue weighted by molar-refractivity contribution is 0.170. The first-order valence-electron chi connectivity index (χ1n) is 11.0. The van der Waals surface area contributed by atoms with Gasteiger partial charge in [-0.05, 0) is 54.3 Å². The Morgan fingerprint density at radius 2 is 1.56 bits per heavy atom. The molecular formula is C26H25FN4O. The van der Waals surface area contributed by atoms with Crippen molar-refractivity contribution in [3.8, 4) is 0 Å². The lowest BCUT2D eigenvalue weighted by Crippen LogP contribution is -2.38. The zero-order valence-corrected chi connectivity index (χ0v) is 17.8. The molecule has 0 radical (unpaired) electrons. The number of hydrogen-bond acceptors (Lipinski definition) is 4. The summed E-state index contributed by atoms with van der Waals surface area (Å²) in [4.78, 5) is 19.8. The van der Waals surface area contributed by atoms with Crippen molar-refractivity contribution in [1.29, 1.82) is 0 Å². The molecule has 0 atom stereocenters. The van der Waals surface area contributed by atoms with E-state index in [1.165, 1.54) is 17.7 Å². The molecule has 5 nitrogen and oxygen atoms in total. The summed E-state index contributed by atoms with van der Waals surface area (Å²) in [6.07, 6.45) is 5.97. The molecule has 4 aromatic rings. The second-order valence-corrected chi connectivity index (χ2v) is 8.41. The Hall–Kier alpha value is -3.38. The van der Waals surface area contributed by atoms with Gasteiger partial charge in [0, 0.05) is 43.8 Å². The van der Waals surface area contributed by atoms with Gasteiger partial charge in [-0.15, -0.1) is 0 Å². The molecule has 162 valence electrons. The standard InChI is InChI=1S/C26H25FN4O/c27-21-7-5-19(6-8-21)17-25-23-3-1-2-4-24(23)26(32)31(29-25)22-11-15-30(16-12-22)18-20-9-13-28-14-10-20/h1-10,13-14,22H,11-12,15-18H2. The van der Waals surface area contributed by atoms with E-state index in [1.54, 1.807) is 16.8 Å². The minimum absolute atomic E-state index is 0.0314. The van der Waals surface area contributed by atoms with Crippen LogP contribution in [0.15, 0.2) is 77.9 Å². The van der Waals surface area contributed by atoms with Gasteiger partial charge in [0.1, 0.15) is 5.82 Å². The van der Waals surface area contributed by atoms with E-state index in [1.807, 2.05) is 48.8 Å². The fraction of sp³-hybridized carbons (Fsp3) is 0.269. The van der Waals surface area contributed by atoms with E-state index in [4.69, 9.17) is 5.10 Å². The van der Waals surface area contributed by atoms with Crippen LogP contribution < -0.4 is 5.56 Å². The maximum absolute atomic E-state index is 13.3. The smallest absolute Gasteiger partial charge is 0.274 e. The molecule has 0 unspecified atom stereocenters. The van der Waals surface area contributed by atoms with Crippen LogP contribution in [0.2, 0.25) is 0 Å². The third-order valence-corrected chi connectivity index (χ3v) is 6.25. The summed E-state index contributed by atoms with van der Waals surface area (Å²) in [5.74, 6) is -0.255. The van der Waals surface area contributed by atoms with Gasteiger partial charge in [0.05, 0.1) is 17.1 Å². The van der Waals surface area contributed by atoms with Crippen molar-refractivity contribution >= 4 is 10.8 Å². The van der Waals surface area contributed by atoms with Crippen molar-refractivity contribution in [3.05, 3.63) is 106 Å². The first-order valence-corrected chi connectivity index (χ1v) is 11.0. The van der Waals surface area contributed by atoms with E-state index in [0.717, 1.165) is 49.1 Å². The van der Waals surface area contributed by atoms with E-state index in [0.29, 0.717) is 11.8 Å². The maximum Gasteiger partial charge on any atom is 0.274 e. The second-order valence-electron chi connectivity index (χ2n) is 8.41. The molecule has 0 spiro atoms. The Morgan fingerprint density at radius 1 is 0.875 bits per heavy atom. The van der Waals surface area contributed by atoms with Crippen LogP contribution >= 0.6 is 0 Å². The molecule has 0 aliphatic carbocycles. The topological polar surface area (TPSA) is 51.0 Å². The quantitative estimate of drug-likeness (QED) is 0.474. The summed E-state index contributed by atoms with van der Waals surface area (Å²) in [6.45, 7) is 2.73. The number of benzene rings is 2. The normalized spacial score (nSPS) is 15.3. The number of aromatic nitrogens is 3. The highest BCUT2D eigenvalue weighted by molar-refractivity contribution is 5.83. The number of rotatable bonds is 5. The van der Waals surface area contributed by atoms with Gasteiger partial charge >= 0.3 is 0 Å². The van der Waals surface area contributed by atoms with Crippen molar-refractivity contribution in [2.24, 2.45) is 0 Å². The van der Waals surface area contributed by atoms with Crippen LogP contribution in [0.1, 0.15) is 35.7 Å². The van der Waals surface area contributed by atoms with Gasteiger partial charge in [0.15, 0.2) is 0 Å². The van der Waals surface area contributed by atoms with Gasteiger partial charge in [-0.1, -0.05) is 30.3 Å². The average molecular weight is 429 g/mol. The Bertz CT molecular complexity index is 1260. The van der Waals surface area contributed by atoms with Gasteiger partial charge in [0.25, 0.3) is 5.56 Å². The SMILES string of the molecule is O=c1c2ccccc2c(Cc2ccc(F)cc2)nn1C1CCN(Cc2ccncc2)CC1. The van der Waals surface area contributed by atoms with Crippen LogP contribution in [-0.2, 0) is 13.0 Å². The Balaban J connectivity index is 1.41. The van der Waals surface area contributed by atoms with Crippen molar-refractivity contribution in [2.45, 2.75) is 31.8 Å². The fourth-order valence-electron chi connectivity index (χ4n) is 4.52. The monoisotopic (exact) mass is 428 g/mol. The summed E-state index contributed by atoms with van der Waals surface area (Å²) in [6, 6.07) is 18.3. The lowest BCUT2D eigenvalue weighted by Gasteiger charge is -2.32. The highest BCUT2D eigenvalue weighted by Crippen LogP contribution is 2.24. The number of nitrogens with zero attached hydrogens (tertiary/aromatic N) is 4. The summed E-state index contributed by atoms with van der Waals surface area (Å²) < 4.78 is 15.0. The largest absolute Gasteiger partial charge is 0.299 e. The zero-order chi connectivity index (χ0) is 21.9. The predicted molar refractivity (Wildman–Crippen MR) is 123 cm³/mol. The highest BCUT2D eigenvalue weighted by atomic mass is 19.1. The number of halogens is 1. The molecule has 0 amide bonds. The van der Waals surface area contributed by atoms with E-state index >= 15 is 0 Å². The third-order valence-electron chi connectivity index (χ3n) is 6.25. The summed E-state index contributed by atoms with van der Waals surface area (Å²) in [5.41, 5.74) is 3.05. The molecule has 5 rings (SSSR count). The van der Waals surface area contributed by atoms with Gasteiger partial charge < -0.3 is 0 Å². The molecule has 6 heteroatoms. The van der Waals surface area contributed by atoms with Gasteiger partial charge in [-0.25, -0.2) is 9.07 Å². The molecule has 0 saturated carbocycles. The number of pyridine rings is 1. The molecular weight excluding hydrogens is 403 g/mol. The van der Waals surface area contributed by atoms with E-state index < -0.39 is 0 Å². The molecule has 1 aliphatic rings. The van der Waals surface area contributed by atoms with Crippen LogP contribution in [0, 0.1) is 5.82 Å². The van der Waals surface area contributed by atoms with Gasteiger partial charge in [-0.3, -0.25) is 14.7 Å². The van der Waals surface area contributed by atoms with Crippen LogP contribution in [0.5, 0.6) is 0 Å². The Labute approximate surface area is 186 Å². The lowest BCUT2D eigenvalue weighted by atomic mass is 10.0. The molecule has 2 aromatic heterocycles. The van der Waals surface area contributed by atoms with Crippen molar-refractivity contribution < 1.29 is 4.39 Å². The molecule has 1 saturated heterocycles. The minimum atomic E-state index is -0.255. The molecule has 0 N–H and O–H groups in total. The summed E-state index contributed by atoms with van der Waals surface area (Å²) >= 11 is 0. The average Bonchev–Trinajstić information content (AvgIpc) is 2.84. The van der Waals surface area contributed by atoms with E-state index in [2.05, 4.69) is 9.88 Å². The zero-order valence-electron chi connectivity index (χ0n) is 17.8. The summed E-state index contributed by atoms with van der Waals surface area (Å²) in [7, 11) is 0. The first kappa shape index (κ1) is 20.5. The van der Waals surface area contributed by atoms with Crippen molar-refractivity contribution in [3.63, 3.8) is 0 Å². The third kappa shape index (κ3) is 4.32. The van der Waals surface area contributed by atoms with Crippen LogP contribution in [0.3, 0.4) is 0 Å². The number of hydrogen-bond donors (Lipinski definition) is 0. The van der Waals surface area contributed by atoms with Gasteiger partial charge in [0.2, 0.25) is 0 Å². The summed E-state index contributed by atoms with van der Waals surface area (Å²) in [5, 5.41) is 6.40. The highest BCUT2D eigenvalue weighted by Gasteiger charge is 2.24. The fourth-order valence-corrected chi connectivity index (χ4v) is 4.52. The van der Waals surface area contributed by atoms with Crippen LogP contribution in [0.25, 0.3) is 10.8 Å². The first-order chi connectivity index (χ1) is 15.7. The minimum Gasteiger partial charge on any atom is -0.299 e. The molecule has 2 aromatic carbocycles. The number of fused-ring (bicyclic) bond motifs is 1. The number of likely N-dealkylation sites (tertiary alicyclic amines) is 1. The Morgan fingerprint density at radius 3 is 2.28 bits per heavy atom. The molecule has 1 fully saturated rings. The maximum atomic E-state index is 13.3. The van der Waals surface area contributed by atoms with Crippen LogP contribution in [0.4, 0.5) is 4.39 Å². The molecule has 0 bridgehead atoms. The second kappa shape index (κ2) is 9.01. The van der Waals surface area contributed by atoms with Crippen molar-refractivity contribution in [2.75, 3.05) is 13.1 Å². The molecule has 1 aliphatic heterocycles. The molecule has 32 heavy (non-hydrogen) atoms. The van der Waals surface area contributed by atoms with Gasteiger partial charge in [-0.2, -0.15) is 5.10 Å². The van der Waals surface area contributed by atoms with Crippen LogP contribution in [-0.4, -0.2) is 32.8 Å².